The summed E-state index contributed by atoms with van der Waals surface area (Å²) >= 11 is 5.70. The van der Waals surface area contributed by atoms with E-state index in [4.69, 9.17) is 11.6 Å². The van der Waals surface area contributed by atoms with Crippen LogP contribution in [0.15, 0.2) is 18.3 Å². The molecule has 3 nitrogen and oxygen atoms in total. The number of rotatable bonds is 2. The Morgan fingerprint density at radius 3 is 2.73 bits per heavy atom. The van der Waals surface area contributed by atoms with Crippen LogP contribution in [-0.2, 0) is 0 Å². The second kappa shape index (κ2) is 4.92. The number of aliphatic hydroxyl groups excluding tert-OH is 1. The van der Waals surface area contributed by atoms with E-state index in [9.17, 15) is 5.11 Å². The van der Waals surface area contributed by atoms with Crippen LogP contribution in [0.25, 0.3) is 0 Å². The SMILES string of the molecule is OC(c1ccc(Cl)nc1)C1CCNCC1. The van der Waals surface area contributed by atoms with Gasteiger partial charge in [0.05, 0.1) is 6.10 Å². The van der Waals surface area contributed by atoms with Gasteiger partial charge in [0, 0.05) is 6.20 Å². The Balaban J connectivity index is 2.05. The van der Waals surface area contributed by atoms with Crippen molar-refractivity contribution < 1.29 is 5.11 Å². The van der Waals surface area contributed by atoms with Gasteiger partial charge in [-0.15, -0.1) is 0 Å². The summed E-state index contributed by atoms with van der Waals surface area (Å²) in [6.45, 7) is 1.98. The summed E-state index contributed by atoms with van der Waals surface area (Å²) in [6.07, 6.45) is 3.29. The lowest BCUT2D eigenvalue weighted by Gasteiger charge is -2.27. The zero-order chi connectivity index (χ0) is 10.7. The number of hydrogen-bond donors (Lipinski definition) is 2. The van der Waals surface area contributed by atoms with Crippen molar-refractivity contribution in [2.75, 3.05) is 13.1 Å². The summed E-state index contributed by atoms with van der Waals surface area (Å²) < 4.78 is 0. The van der Waals surface area contributed by atoms with E-state index in [1.165, 1.54) is 0 Å². The summed E-state index contributed by atoms with van der Waals surface area (Å²) in [6, 6.07) is 3.57. The highest BCUT2D eigenvalue weighted by molar-refractivity contribution is 6.29. The van der Waals surface area contributed by atoms with Gasteiger partial charge in [-0.3, -0.25) is 0 Å². The first kappa shape index (κ1) is 10.9. The van der Waals surface area contributed by atoms with Gasteiger partial charge < -0.3 is 10.4 Å². The third-order valence-corrected chi connectivity index (χ3v) is 3.15. The smallest absolute Gasteiger partial charge is 0.129 e. The van der Waals surface area contributed by atoms with Gasteiger partial charge in [-0.1, -0.05) is 17.7 Å². The van der Waals surface area contributed by atoms with E-state index in [1.807, 2.05) is 6.07 Å². The van der Waals surface area contributed by atoms with Gasteiger partial charge >= 0.3 is 0 Å². The molecule has 1 aromatic rings. The Hall–Kier alpha value is -0.640. The summed E-state index contributed by atoms with van der Waals surface area (Å²) in [7, 11) is 0. The number of nitrogens with one attached hydrogen (secondary N) is 1. The Bertz CT molecular complexity index is 309. The molecule has 1 atom stereocenters. The van der Waals surface area contributed by atoms with Crippen LogP contribution in [0.1, 0.15) is 24.5 Å². The molecule has 82 valence electrons. The van der Waals surface area contributed by atoms with Crippen molar-refractivity contribution in [1.29, 1.82) is 0 Å². The zero-order valence-electron chi connectivity index (χ0n) is 8.49. The van der Waals surface area contributed by atoms with E-state index < -0.39 is 6.10 Å². The zero-order valence-corrected chi connectivity index (χ0v) is 9.24. The molecule has 2 rings (SSSR count). The molecule has 15 heavy (non-hydrogen) atoms. The molecule has 1 fully saturated rings. The highest BCUT2D eigenvalue weighted by atomic mass is 35.5. The van der Waals surface area contributed by atoms with Gasteiger partial charge in [0.2, 0.25) is 0 Å². The van der Waals surface area contributed by atoms with E-state index in [2.05, 4.69) is 10.3 Å². The van der Waals surface area contributed by atoms with Crippen LogP contribution in [0, 0.1) is 5.92 Å². The maximum Gasteiger partial charge on any atom is 0.129 e. The number of pyridine rings is 1. The summed E-state index contributed by atoms with van der Waals surface area (Å²) in [5, 5.41) is 13.9. The first-order chi connectivity index (χ1) is 7.27. The molecule has 4 heteroatoms. The maximum absolute atomic E-state index is 10.1. The number of halogens is 1. The first-order valence-electron chi connectivity index (χ1n) is 5.27. The first-order valence-corrected chi connectivity index (χ1v) is 5.65. The Morgan fingerprint density at radius 1 is 1.40 bits per heavy atom. The minimum atomic E-state index is -0.406. The van der Waals surface area contributed by atoms with Crippen LogP contribution in [0.3, 0.4) is 0 Å². The molecule has 0 aromatic carbocycles. The molecule has 2 N–H and O–H groups in total. The van der Waals surface area contributed by atoms with Crippen molar-refractivity contribution in [1.82, 2.24) is 10.3 Å². The van der Waals surface area contributed by atoms with E-state index in [0.29, 0.717) is 11.1 Å². The summed E-state index contributed by atoms with van der Waals surface area (Å²) in [5.41, 5.74) is 0.867. The molecule has 1 unspecified atom stereocenters. The minimum Gasteiger partial charge on any atom is -0.388 e. The van der Waals surface area contributed by atoms with Crippen molar-refractivity contribution in [3.63, 3.8) is 0 Å². The monoisotopic (exact) mass is 226 g/mol. The van der Waals surface area contributed by atoms with Gasteiger partial charge in [-0.25, -0.2) is 4.98 Å². The lowest BCUT2D eigenvalue weighted by atomic mass is 9.89. The van der Waals surface area contributed by atoms with Crippen molar-refractivity contribution in [3.05, 3.63) is 29.0 Å². The Labute approximate surface area is 94.5 Å². The fourth-order valence-electron chi connectivity index (χ4n) is 1.99. The summed E-state index contributed by atoms with van der Waals surface area (Å²) in [4.78, 5) is 3.98. The second-order valence-electron chi connectivity index (χ2n) is 3.95. The van der Waals surface area contributed by atoms with Crippen molar-refractivity contribution in [3.8, 4) is 0 Å². The van der Waals surface area contributed by atoms with Gasteiger partial charge in [0.1, 0.15) is 5.15 Å². The molecular formula is C11H15ClN2O. The third-order valence-electron chi connectivity index (χ3n) is 2.92. The highest BCUT2D eigenvalue weighted by Gasteiger charge is 2.22. The lowest BCUT2D eigenvalue weighted by molar-refractivity contribution is 0.0886. The number of piperidine rings is 1. The fraction of sp³-hybridized carbons (Fsp3) is 0.545. The lowest BCUT2D eigenvalue weighted by Crippen LogP contribution is -2.30. The van der Waals surface area contributed by atoms with Crippen LogP contribution < -0.4 is 5.32 Å². The maximum atomic E-state index is 10.1. The van der Waals surface area contributed by atoms with Crippen molar-refractivity contribution in [2.45, 2.75) is 18.9 Å². The molecule has 0 amide bonds. The quantitative estimate of drug-likeness (QED) is 0.756. The van der Waals surface area contributed by atoms with Gasteiger partial charge in [0.25, 0.3) is 0 Å². The molecule has 0 bridgehead atoms. The Morgan fingerprint density at radius 2 is 2.13 bits per heavy atom. The topological polar surface area (TPSA) is 45.2 Å². The van der Waals surface area contributed by atoms with Crippen LogP contribution >= 0.6 is 11.6 Å². The summed E-state index contributed by atoms with van der Waals surface area (Å²) in [5.74, 6) is 0.342. The number of aromatic nitrogens is 1. The molecular weight excluding hydrogens is 212 g/mol. The van der Waals surface area contributed by atoms with Crippen LogP contribution in [0.5, 0.6) is 0 Å². The number of nitrogens with zero attached hydrogens (tertiary/aromatic N) is 1. The molecule has 1 aromatic heterocycles. The van der Waals surface area contributed by atoms with Gasteiger partial charge in [-0.2, -0.15) is 0 Å². The van der Waals surface area contributed by atoms with E-state index in [-0.39, 0.29) is 0 Å². The average molecular weight is 227 g/mol. The molecule has 0 saturated carbocycles. The van der Waals surface area contributed by atoms with E-state index in [0.717, 1.165) is 31.5 Å². The normalized spacial score (nSPS) is 20.1. The fourth-order valence-corrected chi connectivity index (χ4v) is 2.11. The third kappa shape index (κ3) is 2.68. The van der Waals surface area contributed by atoms with Gasteiger partial charge in [-0.05, 0) is 43.5 Å². The predicted molar refractivity (Wildman–Crippen MR) is 59.8 cm³/mol. The molecule has 0 spiro atoms. The average Bonchev–Trinajstić information content (AvgIpc) is 2.30. The van der Waals surface area contributed by atoms with Crippen LogP contribution in [-0.4, -0.2) is 23.2 Å². The minimum absolute atomic E-state index is 0.342. The van der Waals surface area contributed by atoms with Crippen LogP contribution in [0.4, 0.5) is 0 Å². The van der Waals surface area contributed by atoms with Crippen molar-refractivity contribution >= 4 is 11.6 Å². The molecule has 0 aliphatic carbocycles. The molecule has 1 saturated heterocycles. The second-order valence-corrected chi connectivity index (χ2v) is 4.33. The van der Waals surface area contributed by atoms with E-state index >= 15 is 0 Å². The Kier molecular flexibility index (Phi) is 3.57. The molecule has 2 heterocycles. The number of aliphatic hydroxyl groups is 1. The molecule has 1 aliphatic heterocycles. The predicted octanol–water partition coefficient (Wildman–Crippen LogP) is 1.77. The van der Waals surface area contributed by atoms with E-state index in [1.54, 1.807) is 12.3 Å². The number of hydrogen-bond acceptors (Lipinski definition) is 3. The standard InChI is InChI=1S/C11H15ClN2O/c12-10-2-1-9(7-14-10)11(15)8-3-5-13-6-4-8/h1-2,7-8,11,13,15H,3-6H2. The molecule has 1 aliphatic rings. The largest absolute Gasteiger partial charge is 0.388 e. The van der Waals surface area contributed by atoms with Gasteiger partial charge in [0.15, 0.2) is 0 Å². The van der Waals surface area contributed by atoms with Crippen LogP contribution in [0.2, 0.25) is 5.15 Å². The molecule has 0 radical (unpaired) electrons. The van der Waals surface area contributed by atoms with Crippen molar-refractivity contribution in [2.24, 2.45) is 5.92 Å². The highest BCUT2D eigenvalue weighted by Crippen LogP contribution is 2.28.